The van der Waals surface area contributed by atoms with E-state index in [2.05, 4.69) is 10.1 Å². The lowest BCUT2D eigenvalue weighted by Gasteiger charge is -2.18. The molecule has 1 N–H and O–H groups in total. The first-order valence-corrected chi connectivity index (χ1v) is 9.78. The highest BCUT2D eigenvalue weighted by Crippen LogP contribution is 2.34. The molecule has 2 aromatic heterocycles. The quantitative estimate of drug-likeness (QED) is 0.736. The third kappa shape index (κ3) is 3.37. The molecule has 0 aliphatic carbocycles. The van der Waals surface area contributed by atoms with E-state index in [1.807, 2.05) is 61.9 Å². The van der Waals surface area contributed by atoms with Crippen LogP contribution in [0.4, 0.5) is 0 Å². The number of nitrogens with zero attached hydrogens (tertiary/aromatic N) is 4. The van der Waals surface area contributed by atoms with Crippen LogP contribution in [0.3, 0.4) is 0 Å². The van der Waals surface area contributed by atoms with E-state index in [-0.39, 0.29) is 24.4 Å². The van der Waals surface area contributed by atoms with E-state index in [9.17, 15) is 14.7 Å². The Labute approximate surface area is 169 Å². The highest BCUT2D eigenvalue weighted by Gasteiger charge is 2.41. The Morgan fingerprint density at radius 3 is 2.55 bits per heavy atom. The highest BCUT2D eigenvalue weighted by molar-refractivity contribution is 5.98. The van der Waals surface area contributed by atoms with Gasteiger partial charge in [0.05, 0.1) is 23.4 Å². The van der Waals surface area contributed by atoms with E-state index in [4.69, 9.17) is 0 Å². The molecule has 0 bridgehead atoms. The third-order valence-electron chi connectivity index (χ3n) is 5.63. The van der Waals surface area contributed by atoms with Gasteiger partial charge in [-0.25, -0.2) is 9.67 Å². The molecule has 1 amide bonds. The summed E-state index contributed by atoms with van der Waals surface area (Å²) in [6.45, 7) is 6.44. The van der Waals surface area contributed by atoms with Gasteiger partial charge in [0.1, 0.15) is 0 Å². The number of pyridine rings is 1. The highest BCUT2D eigenvalue weighted by atomic mass is 16.4. The fourth-order valence-corrected chi connectivity index (χ4v) is 4.09. The number of amides is 1. The molecule has 0 radical (unpaired) electrons. The predicted octanol–water partition coefficient (Wildman–Crippen LogP) is 3.26. The number of rotatable bonds is 4. The fourth-order valence-electron chi connectivity index (χ4n) is 4.09. The molecule has 2 atom stereocenters. The maximum absolute atomic E-state index is 13.3. The van der Waals surface area contributed by atoms with E-state index in [1.54, 1.807) is 11.1 Å². The Bertz CT molecular complexity index is 1070. The normalized spacial score (nSPS) is 19.2. The van der Waals surface area contributed by atoms with Gasteiger partial charge >= 0.3 is 5.97 Å². The first-order valence-electron chi connectivity index (χ1n) is 9.78. The number of carbonyl (C=O) groups is 2. The first kappa shape index (κ1) is 19.1. The summed E-state index contributed by atoms with van der Waals surface area (Å²) < 4.78 is 1.83. The van der Waals surface area contributed by atoms with Crippen LogP contribution in [0.15, 0.2) is 42.6 Å². The van der Waals surface area contributed by atoms with Crippen molar-refractivity contribution in [3.8, 4) is 0 Å². The minimum absolute atomic E-state index is 0.169. The molecule has 1 aliphatic rings. The number of hydrogen-bond donors (Lipinski definition) is 1. The molecule has 0 spiro atoms. The van der Waals surface area contributed by atoms with Crippen molar-refractivity contribution in [1.29, 1.82) is 0 Å². The molecule has 7 heteroatoms. The van der Waals surface area contributed by atoms with Crippen LogP contribution in [0.1, 0.15) is 47.4 Å². The second-order valence-electron chi connectivity index (χ2n) is 7.89. The van der Waals surface area contributed by atoms with Gasteiger partial charge in [0.2, 0.25) is 0 Å². The molecule has 1 saturated heterocycles. The monoisotopic (exact) mass is 392 g/mol. The summed E-state index contributed by atoms with van der Waals surface area (Å²) in [7, 11) is 0. The topological polar surface area (TPSA) is 88.3 Å². The molecule has 3 heterocycles. The van der Waals surface area contributed by atoms with Crippen LogP contribution >= 0.6 is 0 Å². The third-order valence-corrected chi connectivity index (χ3v) is 5.63. The van der Waals surface area contributed by atoms with Crippen molar-refractivity contribution in [3.63, 3.8) is 0 Å². The van der Waals surface area contributed by atoms with Gasteiger partial charge in [0.15, 0.2) is 5.65 Å². The van der Waals surface area contributed by atoms with E-state index >= 15 is 0 Å². The SMILES string of the molecule is Cc1nc2c(cnn2C(C)C)cc1C(=O)N1CC(C(=O)O)C(c2ccccc2)C1. The Kier molecular flexibility index (Phi) is 4.82. The Hall–Kier alpha value is -3.22. The Balaban J connectivity index is 1.66. The molecule has 1 fully saturated rings. The molecule has 1 aromatic carbocycles. The zero-order valence-electron chi connectivity index (χ0n) is 16.7. The van der Waals surface area contributed by atoms with Crippen LogP contribution < -0.4 is 0 Å². The van der Waals surface area contributed by atoms with Crippen molar-refractivity contribution < 1.29 is 14.7 Å². The molecule has 29 heavy (non-hydrogen) atoms. The van der Waals surface area contributed by atoms with E-state index < -0.39 is 11.9 Å². The number of aromatic nitrogens is 3. The second kappa shape index (κ2) is 7.31. The van der Waals surface area contributed by atoms with Crippen LogP contribution in [-0.2, 0) is 4.79 Å². The van der Waals surface area contributed by atoms with Crippen molar-refractivity contribution in [1.82, 2.24) is 19.7 Å². The van der Waals surface area contributed by atoms with Crippen LogP contribution in [-0.4, -0.2) is 49.7 Å². The summed E-state index contributed by atoms with van der Waals surface area (Å²) in [5.41, 5.74) is 2.82. The van der Waals surface area contributed by atoms with Gasteiger partial charge in [-0.3, -0.25) is 9.59 Å². The largest absolute Gasteiger partial charge is 0.481 e. The second-order valence-corrected chi connectivity index (χ2v) is 7.89. The molecule has 1 aliphatic heterocycles. The van der Waals surface area contributed by atoms with Gasteiger partial charge in [-0.05, 0) is 32.4 Å². The van der Waals surface area contributed by atoms with Gasteiger partial charge in [-0.15, -0.1) is 0 Å². The van der Waals surface area contributed by atoms with Gasteiger partial charge in [-0.2, -0.15) is 5.10 Å². The standard InChI is InChI=1S/C22H24N4O3/c1-13(2)26-20-16(10-23-26)9-17(14(3)24-20)21(27)25-11-18(19(12-25)22(28)29)15-7-5-4-6-8-15/h4-10,13,18-19H,11-12H2,1-3H3,(H,28,29). The molecule has 150 valence electrons. The summed E-state index contributed by atoms with van der Waals surface area (Å²) in [5, 5.41) is 14.9. The fraction of sp³-hybridized carbons (Fsp3) is 0.364. The molecule has 2 unspecified atom stereocenters. The van der Waals surface area contributed by atoms with E-state index in [1.165, 1.54) is 0 Å². The molecule has 0 saturated carbocycles. The van der Waals surface area contributed by atoms with Crippen molar-refractivity contribution in [3.05, 3.63) is 59.4 Å². The van der Waals surface area contributed by atoms with Crippen LogP contribution in [0.5, 0.6) is 0 Å². The Morgan fingerprint density at radius 2 is 1.90 bits per heavy atom. The summed E-state index contributed by atoms with van der Waals surface area (Å²) in [4.78, 5) is 31.4. The molecule has 4 rings (SSSR count). The number of aliphatic carboxylic acids is 1. The Morgan fingerprint density at radius 1 is 1.17 bits per heavy atom. The lowest BCUT2D eigenvalue weighted by atomic mass is 9.89. The van der Waals surface area contributed by atoms with Crippen LogP contribution in [0.2, 0.25) is 0 Å². The number of aryl methyl sites for hydroxylation is 1. The van der Waals surface area contributed by atoms with Gasteiger partial charge in [0.25, 0.3) is 5.91 Å². The molecular weight excluding hydrogens is 368 g/mol. The molecule has 3 aromatic rings. The number of hydrogen-bond acceptors (Lipinski definition) is 4. The molecular formula is C22H24N4O3. The van der Waals surface area contributed by atoms with E-state index in [0.717, 1.165) is 16.6 Å². The summed E-state index contributed by atoms with van der Waals surface area (Å²) in [6.07, 6.45) is 1.72. The number of likely N-dealkylation sites (tertiary alicyclic amines) is 1. The summed E-state index contributed by atoms with van der Waals surface area (Å²) >= 11 is 0. The summed E-state index contributed by atoms with van der Waals surface area (Å²) in [5.74, 6) is -1.91. The van der Waals surface area contributed by atoms with Gasteiger partial charge in [-0.1, -0.05) is 30.3 Å². The maximum atomic E-state index is 13.3. The minimum Gasteiger partial charge on any atom is -0.481 e. The average Bonchev–Trinajstić information content (AvgIpc) is 3.32. The van der Waals surface area contributed by atoms with E-state index in [0.29, 0.717) is 17.8 Å². The maximum Gasteiger partial charge on any atom is 0.308 e. The van der Waals surface area contributed by atoms with Gasteiger partial charge < -0.3 is 10.0 Å². The predicted molar refractivity (Wildman–Crippen MR) is 109 cm³/mol. The van der Waals surface area contributed by atoms with Crippen molar-refractivity contribution in [2.24, 2.45) is 5.92 Å². The number of carbonyl (C=O) groups excluding carboxylic acids is 1. The number of carboxylic acids is 1. The minimum atomic E-state index is -0.877. The van der Waals surface area contributed by atoms with Crippen LogP contribution in [0.25, 0.3) is 11.0 Å². The molecule has 7 nitrogen and oxygen atoms in total. The number of fused-ring (bicyclic) bond motifs is 1. The smallest absolute Gasteiger partial charge is 0.308 e. The first-order chi connectivity index (χ1) is 13.9. The number of benzene rings is 1. The van der Waals surface area contributed by atoms with Gasteiger partial charge in [0, 0.05) is 30.4 Å². The lowest BCUT2D eigenvalue weighted by Crippen LogP contribution is -2.30. The number of carboxylic acid groups (broad SMARTS) is 1. The zero-order valence-corrected chi connectivity index (χ0v) is 16.7. The summed E-state index contributed by atoms with van der Waals surface area (Å²) in [6, 6.07) is 11.5. The zero-order chi connectivity index (χ0) is 20.7. The van der Waals surface area contributed by atoms with Crippen molar-refractivity contribution >= 4 is 22.9 Å². The lowest BCUT2D eigenvalue weighted by molar-refractivity contribution is -0.141. The van der Waals surface area contributed by atoms with Crippen molar-refractivity contribution in [2.75, 3.05) is 13.1 Å². The average molecular weight is 392 g/mol. The van der Waals surface area contributed by atoms with Crippen molar-refractivity contribution in [2.45, 2.75) is 32.7 Å². The van der Waals surface area contributed by atoms with Crippen LogP contribution in [0, 0.1) is 12.8 Å².